The number of hydrogen-bond donors (Lipinski definition) is 1. The van der Waals surface area contributed by atoms with E-state index in [-0.39, 0.29) is 0 Å². The summed E-state index contributed by atoms with van der Waals surface area (Å²) in [5, 5.41) is 5.23. The third-order valence-electron chi connectivity index (χ3n) is 5.15. The van der Waals surface area contributed by atoms with Crippen LogP contribution in [0, 0.1) is 6.92 Å². The Balaban J connectivity index is 1.84. The zero-order chi connectivity index (χ0) is 14.2. The molecule has 1 aromatic heterocycles. The molecule has 0 radical (unpaired) electrons. The molecule has 0 atom stereocenters. The third kappa shape index (κ3) is 2.37. The minimum atomic E-state index is 0.334. The fourth-order valence-electron chi connectivity index (χ4n) is 3.69. The minimum Gasteiger partial charge on any atom is -0.346 e. The van der Waals surface area contributed by atoms with Gasteiger partial charge >= 0.3 is 0 Å². The summed E-state index contributed by atoms with van der Waals surface area (Å²) in [6.07, 6.45) is 6.78. The Morgan fingerprint density at radius 3 is 2.55 bits per heavy atom. The Bertz CT molecular complexity index is 564. The normalized spacial score (nSPS) is 18.6. The Morgan fingerprint density at radius 2 is 1.85 bits per heavy atom. The molecule has 2 nitrogen and oxygen atoms in total. The zero-order valence-corrected chi connectivity index (χ0v) is 13.0. The number of fused-ring (bicyclic) bond motifs is 1. The van der Waals surface area contributed by atoms with Gasteiger partial charge < -0.3 is 9.88 Å². The second-order valence-electron chi connectivity index (χ2n) is 6.62. The molecule has 1 saturated carbocycles. The molecule has 0 spiro atoms. The summed E-state index contributed by atoms with van der Waals surface area (Å²) in [5.41, 5.74) is 4.53. The predicted octanol–water partition coefficient (Wildman–Crippen LogP) is 4.30. The van der Waals surface area contributed by atoms with Gasteiger partial charge in [-0.25, -0.2) is 0 Å². The number of benzene rings is 1. The smallest absolute Gasteiger partial charge is 0.0483 e. The van der Waals surface area contributed by atoms with Crippen molar-refractivity contribution in [2.45, 2.75) is 58.0 Å². The first kappa shape index (κ1) is 13.7. The van der Waals surface area contributed by atoms with Crippen molar-refractivity contribution in [1.82, 2.24) is 9.88 Å². The van der Waals surface area contributed by atoms with E-state index in [1.54, 1.807) is 0 Å². The maximum absolute atomic E-state index is 3.84. The van der Waals surface area contributed by atoms with Crippen molar-refractivity contribution in [3.8, 4) is 0 Å². The summed E-state index contributed by atoms with van der Waals surface area (Å²) in [7, 11) is 2.19. The van der Waals surface area contributed by atoms with Crippen LogP contribution >= 0.6 is 0 Å². The molecular formula is C18H26N2. The highest BCUT2D eigenvalue weighted by Gasteiger charge is 2.26. The van der Waals surface area contributed by atoms with E-state index in [0.717, 1.165) is 6.54 Å². The van der Waals surface area contributed by atoms with E-state index < -0.39 is 0 Å². The molecule has 0 aliphatic heterocycles. The maximum Gasteiger partial charge on any atom is 0.0483 e. The SMILES string of the molecule is Cc1c(CNC2(C)CCCCC2)n(C)c2ccccc12. The molecule has 3 rings (SSSR count). The molecule has 20 heavy (non-hydrogen) atoms. The minimum absolute atomic E-state index is 0.334. The molecule has 0 amide bonds. The van der Waals surface area contributed by atoms with E-state index in [4.69, 9.17) is 0 Å². The summed E-state index contributed by atoms with van der Waals surface area (Å²) in [4.78, 5) is 0. The van der Waals surface area contributed by atoms with E-state index in [2.05, 4.69) is 55.0 Å². The van der Waals surface area contributed by atoms with Crippen molar-refractivity contribution >= 4 is 10.9 Å². The molecule has 1 fully saturated rings. The fourth-order valence-corrected chi connectivity index (χ4v) is 3.69. The molecule has 1 N–H and O–H groups in total. The van der Waals surface area contributed by atoms with E-state index in [9.17, 15) is 0 Å². The lowest BCUT2D eigenvalue weighted by Crippen LogP contribution is -2.43. The molecule has 1 aliphatic carbocycles. The van der Waals surface area contributed by atoms with Gasteiger partial charge in [-0.3, -0.25) is 0 Å². The van der Waals surface area contributed by atoms with Gasteiger partial charge in [-0.15, -0.1) is 0 Å². The van der Waals surface area contributed by atoms with Gasteiger partial charge in [0.1, 0.15) is 0 Å². The lowest BCUT2D eigenvalue weighted by atomic mass is 9.83. The summed E-state index contributed by atoms with van der Waals surface area (Å²) >= 11 is 0. The van der Waals surface area contributed by atoms with Crippen LogP contribution in [0.3, 0.4) is 0 Å². The number of para-hydroxylation sites is 1. The van der Waals surface area contributed by atoms with Crippen LogP contribution in [-0.2, 0) is 13.6 Å². The van der Waals surface area contributed by atoms with Crippen molar-refractivity contribution in [1.29, 1.82) is 0 Å². The average molecular weight is 270 g/mol. The van der Waals surface area contributed by atoms with Crippen molar-refractivity contribution in [3.63, 3.8) is 0 Å². The number of nitrogens with zero attached hydrogens (tertiary/aromatic N) is 1. The monoisotopic (exact) mass is 270 g/mol. The van der Waals surface area contributed by atoms with Gasteiger partial charge in [0, 0.05) is 35.7 Å². The van der Waals surface area contributed by atoms with Crippen LogP contribution in [0.1, 0.15) is 50.3 Å². The summed E-state index contributed by atoms with van der Waals surface area (Å²) in [5.74, 6) is 0. The van der Waals surface area contributed by atoms with E-state index in [1.807, 2.05) is 0 Å². The maximum atomic E-state index is 3.84. The lowest BCUT2D eigenvalue weighted by molar-refractivity contribution is 0.250. The van der Waals surface area contributed by atoms with Gasteiger partial charge in [-0.2, -0.15) is 0 Å². The Hall–Kier alpha value is -1.28. The van der Waals surface area contributed by atoms with Crippen molar-refractivity contribution < 1.29 is 0 Å². The van der Waals surface area contributed by atoms with Gasteiger partial charge in [-0.1, -0.05) is 37.5 Å². The van der Waals surface area contributed by atoms with E-state index in [1.165, 1.54) is 54.3 Å². The molecule has 1 aromatic carbocycles. The molecule has 0 saturated heterocycles. The molecule has 1 heterocycles. The van der Waals surface area contributed by atoms with Crippen molar-refractivity contribution in [2.75, 3.05) is 0 Å². The molecule has 108 valence electrons. The van der Waals surface area contributed by atoms with Crippen LogP contribution in [0.2, 0.25) is 0 Å². The molecule has 0 unspecified atom stereocenters. The number of aryl methyl sites for hydroxylation is 2. The summed E-state index contributed by atoms with van der Waals surface area (Å²) < 4.78 is 2.35. The highest BCUT2D eigenvalue weighted by molar-refractivity contribution is 5.85. The second-order valence-corrected chi connectivity index (χ2v) is 6.62. The van der Waals surface area contributed by atoms with E-state index in [0.29, 0.717) is 5.54 Å². The molecule has 2 aromatic rings. The first-order valence-electron chi connectivity index (χ1n) is 7.89. The topological polar surface area (TPSA) is 17.0 Å². The van der Waals surface area contributed by atoms with Crippen LogP contribution in [-0.4, -0.2) is 10.1 Å². The van der Waals surface area contributed by atoms with Gasteiger partial charge in [0.05, 0.1) is 0 Å². The fraction of sp³-hybridized carbons (Fsp3) is 0.556. The van der Waals surface area contributed by atoms with Gasteiger partial charge in [0.15, 0.2) is 0 Å². The van der Waals surface area contributed by atoms with Gasteiger partial charge in [-0.05, 0) is 38.3 Å². The predicted molar refractivity (Wildman–Crippen MR) is 86.0 cm³/mol. The largest absolute Gasteiger partial charge is 0.346 e. The molecule has 0 bridgehead atoms. The highest BCUT2D eigenvalue weighted by atomic mass is 15.0. The van der Waals surface area contributed by atoms with Crippen LogP contribution in [0.25, 0.3) is 10.9 Å². The number of hydrogen-bond acceptors (Lipinski definition) is 1. The van der Waals surface area contributed by atoms with Crippen LogP contribution < -0.4 is 5.32 Å². The van der Waals surface area contributed by atoms with Crippen LogP contribution in [0.15, 0.2) is 24.3 Å². The van der Waals surface area contributed by atoms with Crippen molar-refractivity contribution in [3.05, 3.63) is 35.5 Å². The Kier molecular flexibility index (Phi) is 3.59. The van der Waals surface area contributed by atoms with E-state index >= 15 is 0 Å². The molecular weight excluding hydrogens is 244 g/mol. The first-order chi connectivity index (χ1) is 9.61. The Labute approximate surface area is 122 Å². The first-order valence-corrected chi connectivity index (χ1v) is 7.89. The standard InChI is InChI=1S/C18H26N2/c1-14-15-9-5-6-10-16(15)20(3)17(14)13-19-18(2)11-7-4-8-12-18/h5-6,9-10,19H,4,7-8,11-13H2,1-3H3. The third-order valence-corrected chi connectivity index (χ3v) is 5.15. The summed E-state index contributed by atoms with van der Waals surface area (Å²) in [6.45, 7) is 5.63. The lowest BCUT2D eigenvalue weighted by Gasteiger charge is -2.35. The molecule has 1 aliphatic rings. The second kappa shape index (κ2) is 5.25. The quantitative estimate of drug-likeness (QED) is 0.880. The van der Waals surface area contributed by atoms with Crippen LogP contribution in [0.5, 0.6) is 0 Å². The average Bonchev–Trinajstić information content (AvgIpc) is 2.70. The number of nitrogens with one attached hydrogen (secondary N) is 1. The van der Waals surface area contributed by atoms with Crippen LogP contribution in [0.4, 0.5) is 0 Å². The van der Waals surface area contributed by atoms with Gasteiger partial charge in [0.2, 0.25) is 0 Å². The highest BCUT2D eigenvalue weighted by Crippen LogP contribution is 2.29. The number of aromatic nitrogens is 1. The zero-order valence-electron chi connectivity index (χ0n) is 13.0. The summed E-state index contributed by atoms with van der Waals surface area (Å²) in [6, 6.07) is 8.71. The van der Waals surface area contributed by atoms with Gasteiger partial charge in [0.25, 0.3) is 0 Å². The molecule has 2 heteroatoms. The Morgan fingerprint density at radius 1 is 1.15 bits per heavy atom. The van der Waals surface area contributed by atoms with Crippen molar-refractivity contribution in [2.24, 2.45) is 7.05 Å². The number of rotatable bonds is 3.